The zero-order chi connectivity index (χ0) is 13.1. The monoisotopic (exact) mass is 315 g/mol. The van der Waals surface area contributed by atoms with Gasteiger partial charge in [0.15, 0.2) is 0 Å². The molecule has 4 heteroatoms. The van der Waals surface area contributed by atoms with Crippen molar-refractivity contribution in [3.63, 3.8) is 0 Å². The number of halogens is 3. The first-order valence-corrected chi connectivity index (χ1v) is 8.16. The first-order chi connectivity index (χ1) is 9.16. The predicted octanol–water partition coefficient (Wildman–Crippen LogP) is 4.78. The van der Waals surface area contributed by atoms with Gasteiger partial charge in [0.25, 0.3) is 0 Å². The van der Waals surface area contributed by atoms with Gasteiger partial charge in [-0.05, 0) is 55.1 Å². The summed E-state index contributed by atoms with van der Waals surface area (Å²) in [6.45, 7) is 0.731. The minimum absolute atomic E-state index is 0.582. The zero-order valence-electron chi connectivity index (χ0n) is 10.5. The van der Waals surface area contributed by atoms with Gasteiger partial charge in [-0.15, -0.1) is 0 Å². The SMILES string of the molecule is Clc1ccc(Cl)c(CNC2C3C4CCC(C4)C23)c1Cl. The third-order valence-electron chi connectivity index (χ3n) is 5.39. The van der Waals surface area contributed by atoms with Crippen LogP contribution in [-0.4, -0.2) is 6.04 Å². The summed E-state index contributed by atoms with van der Waals surface area (Å²) in [6.07, 6.45) is 4.37. The highest BCUT2D eigenvalue weighted by Crippen LogP contribution is 2.65. The maximum absolute atomic E-state index is 6.24. The highest BCUT2D eigenvalue weighted by atomic mass is 35.5. The third-order valence-corrected chi connectivity index (χ3v) is 6.59. The lowest BCUT2D eigenvalue weighted by molar-refractivity contribution is 0.456. The van der Waals surface area contributed by atoms with Gasteiger partial charge in [-0.25, -0.2) is 0 Å². The molecule has 1 aromatic rings. The Morgan fingerprint density at radius 2 is 1.63 bits per heavy atom. The summed E-state index contributed by atoms with van der Waals surface area (Å²) in [5.74, 6) is 3.82. The Hall–Kier alpha value is 0.0500. The van der Waals surface area contributed by atoms with E-state index in [9.17, 15) is 0 Å². The van der Waals surface area contributed by atoms with Gasteiger partial charge in [-0.3, -0.25) is 0 Å². The third kappa shape index (κ3) is 1.93. The van der Waals surface area contributed by atoms with E-state index >= 15 is 0 Å². The second-order valence-electron chi connectivity index (χ2n) is 6.22. The molecule has 0 heterocycles. The first-order valence-electron chi connectivity index (χ1n) is 7.02. The molecule has 0 spiro atoms. The molecule has 4 atom stereocenters. The number of nitrogens with one attached hydrogen (secondary N) is 1. The van der Waals surface area contributed by atoms with Gasteiger partial charge in [0.1, 0.15) is 0 Å². The van der Waals surface area contributed by atoms with E-state index in [2.05, 4.69) is 5.32 Å². The fourth-order valence-corrected chi connectivity index (χ4v) is 5.23. The van der Waals surface area contributed by atoms with Crippen molar-refractivity contribution < 1.29 is 0 Å². The molecular weight excluding hydrogens is 301 g/mol. The Kier molecular flexibility index (Phi) is 3.04. The lowest BCUT2D eigenvalue weighted by atomic mass is 10.0. The lowest BCUT2D eigenvalue weighted by Crippen LogP contribution is -2.22. The smallest absolute Gasteiger partial charge is 0.0652 e. The van der Waals surface area contributed by atoms with Crippen molar-refractivity contribution in [2.75, 3.05) is 0 Å². The van der Waals surface area contributed by atoms with E-state index in [-0.39, 0.29) is 0 Å². The standard InChI is InChI=1S/C15H16Cl3N/c16-10-3-4-11(17)14(18)9(10)6-19-15-12-7-1-2-8(5-7)13(12)15/h3-4,7-8,12-13,15,19H,1-2,5-6H2. The molecule has 0 saturated heterocycles. The summed E-state index contributed by atoms with van der Waals surface area (Å²) in [7, 11) is 0. The first kappa shape index (κ1) is 12.8. The van der Waals surface area contributed by atoms with Crippen LogP contribution in [0.25, 0.3) is 0 Å². The zero-order valence-corrected chi connectivity index (χ0v) is 12.8. The summed E-state index contributed by atoms with van der Waals surface area (Å²) in [5, 5.41) is 5.54. The fraction of sp³-hybridized carbons (Fsp3) is 0.600. The van der Waals surface area contributed by atoms with Crippen LogP contribution in [0.5, 0.6) is 0 Å². The van der Waals surface area contributed by atoms with Crippen LogP contribution in [0, 0.1) is 23.7 Å². The second-order valence-corrected chi connectivity index (χ2v) is 7.41. The molecule has 3 saturated carbocycles. The van der Waals surface area contributed by atoms with E-state index in [0.29, 0.717) is 21.1 Å². The Bertz CT molecular complexity index is 514. The van der Waals surface area contributed by atoms with Crippen LogP contribution >= 0.6 is 34.8 Å². The van der Waals surface area contributed by atoms with Crippen molar-refractivity contribution in [3.05, 3.63) is 32.8 Å². The van der Waals surface area contributed by atoms with Crippen LogP contribution in [0.2, 0.25) is 15.1 Å². The van der Waals surface area contributed by atoms with E-state index in [1.807, 2.05) is 6.07 Å². The summed E-state index contributed by atoms with van der Waals surface area (Å²) in [4.78, 5) is 0. The van der Waals surface area contributed by atoms with Crippen LogP contribution in [0.15, 0.2) is 12.1 Å². The van der Waals surface area contributed by atoms with Crippen molar-refractivity contribution in [3.8, 4) is 0 Å². The minimum atomic E-state index is 0.582. The molecule has 4 rings (SSSR count). The van der Waals surface area contributed by atoms with Crippen LogP contribution in [0.1, 0.15) is 24.8 Å². The molecular formula is C15H16Cl3N. The van der Waals surface area contributed by atoms with Crippen LogP contribution in [0.3, 0.4) is 0 Å². The Morgan fingerprint density at radius 1 is 1.00 bits per heavy atom. The van der Waals surface area contributed by atoms with E-state index in [1.54, 1.807) is 6.07 Å². The van der Waals surface area contributed by atoms with Gasteiger partial charge in [0, 0.05) is 23.2 Å². The molecule has 3 aliphatic carbocycles. The molecule has 0 aliphatic heterocycles. The molecule has 0 amide bonds. The van der Waals surface area contributed by atoms with Crippen molar-refractivity contribution in [2.24, 2.45) is 23.7 Å². The molecule has 102 valence electrons. The van der Waals surface area contributed by atoms with E-state index < -0.39 is 0 Å². The maximum Gasteiger partial charge on any atom is 0.0652 e. The maximum atomic E-state index is 6.24. The van der Waals surface area contributed by atoms with Gasteiger partial charge < -0.3 is 5.32 Å². The quantitative estimate of drug-likeness (QED) is 0.791. The van der Waals surface area contributed by atoms with Gasteiger partial charge in [0.2, 0.25) is 0 Å². The van der Waals surface area contributed by atoms with E-state index in [0.717, 1.165) is 35.8 Å². The molecule has 1 aromatic carbocycles. The topological polar surface area (TPSA) is 12.0 Å². The number of benzene rings is 1. The van der Waals surface area contributed by atoms with Crippen molar-refractivity contribution in [1.29, 1.82) is 0 Å². The molecule has 1 N–H and O–H groups in total. The molecule has 0 radical (unpaired) electrons. The van der Waals surface area contributed by atoms with Crippen molar-refractivity contribution in [1.82, 2.24) is 5.32 Å². The molecule has 0 aromatic heterocycles. The van der Waals surface area contributed by atoms with Crippen LogP contribution in [-0.2, 0) is 6.54 Å². The molecule has 3 fully saturated rings. The molecule has 2 bridgehead atoms. The van der Waals surface area contributed by atoms with Gasteiger partial charge in [0.05, 0.1) is 10.0 Å². The number of fused-ring (bicyclic) bond motifs is 5. The summed E-state index contributed by atoms with van der Waals surface area (Å²) in [6, 6.07) is 4.27. The molecule has 19 heavy (non-hydrogen) atoms. The van der Waals surface area contributed by atoms with Gasteiger partial charge in [-0.2, -0.15) is 0 Å². The van der Waals surface area contributed by atoms with E-state index in [1.165, 1.54) is 19.3 Å². The average Bonchev–Trinajstić information content (AvgIpc) is 2.80. The highest BCUT2D eigenvalue weighted by molar-refractivity contribution is 6.44. The number of hydrogen-bond acceptors (Lipinski definition) is 1. The van der Waals surface area contributed by atoms with Crippen LogP contribution in [0.4, 0.5) is 0 Å². The number of rotatable bonds is 3. The Morgan fingerprint density at radius 3 is 2.32 bits per heavy atom. The molecule has 4 unspecified atom stereocenters. The molecule has 1 nitrogen and oxygen atoms in total. The van der Waals surface area contributed by atoms with Gasteiger partial charge >= 0.3 is 0 Å². The summed E-state index contributed by atoms with van der Waals surface area (Å²) in [5.41, 5.74) is 0.938. The van der Waals surface area contributed by atoms with Crippen LogP contribution < -0.4 is 5.32 Å². The minimum Gasteiger partial charge on any atom is -0.309 e. The molecule has 3 aliphatic rings. The predicted molar refractivity (Wildman–Crippen MR) is 79.9 cm³/mol. The normalized spacial score (nSPS) is 38.6. The summed E-state index contributed by atoms with van der Waals surface area (Å²) >= 11 is 18.5. The Labute approximate surface area is 128 Å². The number of hydrogen-bond donors (Lipinski definition) is 1. The van der Waals surface area contributed by atoms with Gasteiger partial charge in [-0.1, -0.05) is 34.8 Å². The van der Waals surface area contributed by atoms with E-state index in [4.69, 9.17) is 34.8 Å². The largest absolute Gasteiger partial charge is 0.309 e. The highest BCUT2D eigenvalue weighted by Gasteiger charge is 2.64. The van der Waals surface area contributed by atoms with Crippen molar-refractivity contribution >= 4 is 34.8 Å². The lowest BCUT2D eigenvalue weighted by Gasteiger charge is -2.13. The Balaban J connectivity index is 1.46. The summed E-state index contributed by atoms with van der Waals surface area (Å²) < 4.78 is 0. The average molecular weight is 317 g/mol. The van der Waals surface area contributed by atoms with Crippen molar-refractivity contribution in [2.45, 2.75) is 31.8 Å². The fourth-order valence-electron chi connectivity index (χ4n) is 4.55. The second kappa shape index (κ2) is 4.53.